The summed E-state index contributed by atoms with van der Waals surface area (Å²) in [7, 11) is 0. The van der Waals surface area contributed by atoms with E-state index in [9.17, 15) is 4.79 Å². The van der Waals surface area contributed by atoms with Crippen molar-refractivity contribution in [1.29, 1.82) is 0 Å². The van der Waals surface area contributed by atoms with Crippen molar-refractivity contribution in [3.05, 3.63) is 60.2 Å². The summed E-state index contributed by atoms with van der Waals surface area (Å²) in [6.45, 7) is 1.28. The third-order valence-electron chi connectivity index (χ3n) is 3.56. The van der Waals surface area contributed by atoms with Gasteiger partial charge in [-0.1, -0.05) is 43.2 Å². The maximum Gasteiger partial charge on any atom is 0.120 e. The molecule has 2 rings (SSSR count). The highest BCUT2D eigenvalue weighted by Gasteiger charge is 1.98. The Morgan fingerprint density at radius 3 is 2.09 bits per heavy atom. The normalized spacial score (nSPS) is 10.3. The van der Waals surface area contributed by atoms with E-state index in [-0.39, 0.29) is 0 Å². The highest BCUT2D eigenvalue weighted by atomic mass is 16.5. The van der Waals surface area contributed by atoms with Crippen LogP contribution < -0.4 is 9.47 Å². The number of hydrogen-bond acceptors (Lipinski definition) is 3. The average Bonchev–Trinajstić information content (AvgIpc) is 2.61. The minimum absolute atomic E-state index is 0.571. The lowest BCUT2D eigenvalue weighted by Crippen LogP contribution is -1.98. The molecule has 0 aromatic heterocycles. The van der Waals surface area contributed by atoms with Crippen LogP contribution in [-0.2, 0) is 11.4 Å². The zero-order chi connectivity index (χ0) is 16.2. The molecule has 3 nitrogen and oxygen atoms in total. The van der Waals surface area contributed by atoms with Gasteiger partial charge in [-0.3, -0.25) is 0 Å². The Labute approximate surface area is 138 Å². The summed E-state index contributed by atoms with van der Waals surface area (Å²) in [6, 6.07) is 17.9. The molecule has 0 atom stereocenters. The largest absolute Gasteiger partial charge is 0.494 e. The van der Waals surface area contributed by atoms with Gasteiger partial charge in [0.1, 0.15) is 24.4 Å². The standard InChI is InChI=1S/C20H24O3/c21-15-7-2-1-3-8-16-22-19-11-13-20(14-12-19)23-17-18-9-5-4-6-10-18/h4-6,9-15H,1-3,7-8,16-17H2. The molecule has 0 aliphatic heterocycles. The molecular weight excluding hydrogens is 288 g/mol. The van der Waals surface area contributed by atoms with Crippen molar-refractivity contribution < 1.29 is 14.3 Å². The lowest BCUT2D eigenvalue weighted by atomic mass is 10.2. The molecule has 3 heteroatoms. The van der Waals surface area contributed by atoms with E-state index in [1.807, 2.05) is 54.6 Å². The molecule has 0 fully saturated rings. The van der Waals surface area contributed by atoms with Gasteiger partial charge in [-0.15, -0.1) is 0 Å². The first-order valence-electron chi connectivity index (χ1n) is 8.22. The van der Waals surface area contributed by atoms with Gasteiger partial charge in [-0.2, -0.15) is 0 Å². The molecular formula is C20H24O3. The molecule has 0 saturated carbocycles. The van der Waals surface area contributed by atoms with Gasteiger partial charge in [0.15, 0.2) is 0 Å². The van der Waals surface area contributed by atoms with Crippen LogP contribution in [-0.4, -0.2) is 12.9 Å². The Morgan fingerprint density at radius 2 is 1.39 bits per heavy atom. The van der Waals surface area contributed by atoms with Crippen LogP contribution in [0.15, 0.2) is 54.6 Å². The van der Waals surface area contributed by atoms with E-state index in [4.69, 9.17) is 9.47 Å². The first kappa shape index (κ1) is 17.1. The summed E-state index contributed by atoms with van der Waals surface area (Å²) in [6.07, 6.45) is 5.85. The number of benzene rings is 2. The van der Waals surface area contributed by atoms with E-state index in [1.54, 1.807) is 0 Å². The third kappa shape index (κ3) is 7.00. The molecule has 0 N–H and O–H groups in total. The predicted octanol–water partition coefficient (Wildman–Crippen LogP) is 4.79. The smallest absolute Gasteiger partial charge is 0.120 e. The maximum absolute atomic E-state index is 10.2. The van der Waals surface area contributed by atoms with E-state index in [0.29, 0.717) is 19.6 Å². The topological polar surface area (TPSA) is 35.5 Å². The van der Waals surface area contributed by atoms with Gasteiger partial charge in [0.25, 0.3) is 0 Å². The molecule has 0 radical (unpaired) electrons. The number of carbonyl (C=O) groups excluding carboxylic acids is 1. The summed E-state index contributed by atoms with van der Waals surface area (Å²) in [5, 5.41) is 0. The summed E-state index contributed by atoms with van der Waals surface area (Å²) >= 11 is 0. The van der Waals surface area contributed by atoms with Crippen LogP contribution in [0.25, 0.3) is 0 Å². The predicted molar refractivity (Wildman–Crippen MR) is 91.9 cm³/mol. The fraction of sp³-hybridized carbons (Fsp3) is 0.350. The van der Waals surface area contributed by atoms with E-state index in [2.05, 4.69) is 0 Å². The Kier molecular flexibility index (Phi) is 7.75. The van der Waals surface area contributed by atoms with E-state index >= 15 is 0 Å². The van der Waals surface area contributed by atoms with Crippen molar-refractivity contribution in [1.82, 2.24) is 0 Å². The van der Waals surface area contributed by atoms with Crippen LogP contribution in [0.1, 0.15) is 37.7 Å². The second-order valence-corrected chi connectivity index (χ2v) is 5.46. The number of aldehydes is 1. The van der Waals surface area contributed by atoms with Crippen LogP contribution >= 0.6 is 0 Å². The minimum atomic E-state index is 0.571. The van der Waals surface area contributed by atoms with Crippen LogP contribution in [0.3, 0.4) is 0 Å². The van der Waals surface area contributed by atoms with Crippen molar-refractivity contribution in [3.63, 3.8) is 0 Å². The van der Waals surface area contributed by atoms with E-state index < -0.39 is 0 Å². The summed E-state index contributed by atoms with van der Waals surface area (Å²) in [5.41, 5.74) is 1.16. The highest BCUT2D eigenvalue weighted by molar-refractivity contribution is 5.48. The summed E-state index contributed by atoms with van der Waals surface area (Å²) < 4.78 is 11.4. The second kappa shape index (κ2) is 10.4. The van der Waals surface area contributed by atoms with Crippen molar-refractivity contribution >= 4 is 6.29 Å². The monoisotopic (exact) mass is 312 g/mol. The Morgan fingerprint density at radius 1 is 0.739 bits per heavy atom. The van der Waals surface area contributed by atoms with Crippen LogP contribution in [0, 0.1) is 0 Å². The Balaban J connectivity index is 1.63. The first-order valence-corrected chi connectivity index (χ1v) is 8.22. The molecule has 0 unspecified atom stereocenters. The second-order valence-electron chi connectivity index (χ2n) is 5.46. The summed E-state index contributed by atoms with van der Waals surface area (Å²) in [5.74, 6) is 1.71. The fourth-order valence-corrected chi connectivity index (χ4v) is 2.25. The van der Waals surface area contributed by atoms with Crippen molar-refractivity contribution in [2.45, 2.75) is 38.7 Å². The fourth-order valence-electron chi connectivity index (χ4n) is 2.25. The molecule has 2 aromatic rings. The number of ether oxygens (including phenoxy) is 2. The average molecular weight is 312 g/mol. The van der Waals surface area contributed by atoms with E-state index in [0.717, 1.165) is 49.0 Å². The molecule has 2 aromatic carbocycles. The molecule has 0 saturated heterocycles. The molecule has 0 amide bonds. The van der Waals surface area contributed by atoms with Crippen LogP contribution in [0.4, 0.5) is 0 Å². The molecule has 23 heavy (non-hydrogen) atoms. The van der Waals surface area contributed by atoms with Gasteiger partial charge in [0.2, 0.25) is 0 Å². The number of rotatable bonds is 11. The molecule has 0 aliphatic rings. The van der Waals surface area contributed by atoms with E-state index in [1.165, 1.54) is 0 Å². The molecule has 0 heterocycles. The quantitative estimate of drug-likeness (QED) is 0.442. The number of unbranched alkanes of at least 4 members (excludes halogenated alkanes) is 4. The van der Waals surface area contributed by atoms with Crippen molar-refractivity contribution in [2.24, 2.45) is 0 Å². The first-order chi connectivity index (χ1) is 11.4. The molecule has 122 valence electrons. The summed E-state index contributed by atoms with van der Waals surface area (Å²) in [4.78, 5) is 10.2. The Hall–Kier alpha value is -2.29. The zero-order valence-corrected chi connectivity index (χ0v) is 13.4. The SMILES string of the molecule is O=CCCCCCCOc1ccc(OCc2ccccc2)cc1. The third-order valence-corrected chi connectivity index (χ3v) is 3.56. The number of carbonyl (C=O) groups is 1. The lowest BCUT2D eigenvalue weighted by molar-refractivity contribution is -0.107. The zero-order valence-electron chi connectivity index (χ0n) is 13.4. The Bertz CT molecular complexity index is 549. The van der Waals surface area contributed by atoms with Crippen LogP contribution in [0.5, 0.6) is 11.5 Å². The van der Waals surface area contributed by atoms with Crippen LogP contribution in [0.2, 0.25) is 0 Å². The van der Waals surface area contributed by atoms with Gasteiger partial charge >= 0.3 is 0 Å². The van der Waals surface area contributed by atoms with Gasteiger partial charge in [0.05, 0.1) is 6.61 Å². The highest BCUT2D eigenvalue weighted by Crippen LogP contribution is 2.19. The molecule has 0 bridgehead atoms. The minimum Gasteiger partial charge on any atom is -0.494 e. The maximum atomic E-state index is 10.2. The van der Waals surface area contributed by atoms with Gasteiger partial charge < -0.3 is 14.3 Å². The van der Waals surface area contributed by atoms with Gasteiger partial charge in [-0.05, 0) is 42.7 Å². The van der Waals surface area contributed by atoms with Gasteiger partial charge in [0, 0.05) is 6.42 Å². The molecule has 0 spiro atoms. The number of hydrogen-bond donors (Lipinski definition) is 0. The van der Waals surface area contributed by atoms with Crippen molar-refractivity contribution in [2.75, 3.05) is 6.61 Å². The lowest BCUT2D eigenvalue weighted by Gasteiger charge is -2.09. The molecule has 0 aliphatic carbocycles. The van der Waals surface area contributed by atoms with Gasteiger partial charge in [-0.25, -0.2) is 0 Å². The van der Waals surface area contributed by atoms with Crippen molar-refractivity contribution in [3.8, 4) is 11.5 Å².